The summed E-state index contributed by atoms with van der Waals surface area (Å²) >= 11 is 0. The fourth-order valence-corrected chi connectivity index (χ4v) is 4.87. The number of benzene rings is 4. The third kappa shape index (κ3) is 5.25. The molecule has 1 aliphatic heterocycles. The quantitative estimate of drug-likeness (QED) is 0.312. The van der Waals surface area contributed by atoms with Crippen LogP contribution in [0.25, 0.3) is 11.1 Å². The molecule has 6 heteroatoms. The fourth-order valence-electron chi connectivity index (χ4n) is 4.87. The second-order valence-electron chi connectivity index (χ2n) is 9.35. The van der Waals surface area contributed by atoms with Gasteiger partial charge >= 0.3 is 0 Å². The zero-order chi connectivity index (χ0) is 26.5. The molecule has 0 saturated carbocycles. The Balaban J connectivity index is 1.31. The van der Waals surface area contributed by atoms with Crippen LogP contribution >= 0.6 is 0 Å². The summed E-state index contributed by atoms with van der Waals surface area (Å²) in [5, 5.41) is 2.97. The molecule has 4 aromatic rings. The minimum Gasteiger partial charge on any atom is -0.497 e. The van der Waals surface area contributed by atoms with E-state index in [1.165, 1.54) is 12.8 Å². The molecule has 1 fully saturated rings. The topological polar surface area (TPSA) is 61.9 Å². The average Bonchev–Trinajstić information content (AvgIpc) is 3.52. The summed E-state index contributed by atoms with van der Waals surface area (Å²) in [6.45, 7) is 2.02. The van der Waals surface area contributed by atoms with Crippen molar-refractivity contribution in [3.8, 4) is 16.9 Å². The van der Waals surface area contributed by atoms with Crippen LogP contribution in [-0.4, -0.2) is 39.1 Å². The van der Waals surface area contributed by atoms with Crippen LogP contribution in [0.15, 0.2) is 97.1 Å². The summed E-state index contributed by atoms with van der Waals surface area (Å²) in [6.07, 6.45) is 2.34. The van der Waals surface area contributed by atoms with Crippen molar-refractivity contribution in [2.75, 3.05) is 42.4 Å². The van der Waals surface area contributed by atoms with E-state index in [0.29, 0.717) is 16.8 Å². The molecule has 0 spiro atoms. The molecule has 0 unspecified atom stereocenters. The SMILES string of the molecule is COc1ccc(-c2ccccc2C(=O)Nc2ccc(C(=O)N(C)c3ccccc3N3CCCC3)cc2)cc1. The third-order valence-electron chi connectivity index (χ3n) is 6.96. The van der Waals surface area contributed by atoms with E-state index >= 15 is 0 Å². The molecule has 1 saturated heterocycles. The molecule has 4 aromatic carbocycles. The number of anilines is 3. The number of hydrogen-bond donors (Lipinski definition) is 1. The maximum Gasteiger partial charge on any atom is 0.258 e. The fraction of sp³-hybridized carbons (Fsp3) is 0.188. The lowest BCUT2D eigenvalue weighted by molar-refractivity contribution is 0.0991. The second-order valence-corrected chi connectivity index (χ2v) is 9.35. The van der Waals surface area contributed by atoms with Crippen LogP contribution in [-0.2, 0) is 0 Å². The Hall–Kier alpha value is -4.58. The molecule has 1 aliphatic rings. The Morgan fingerprint density at radius 2 is 1.47 bits per heavy atom. The van der Waals surface area contributed by atoms with E-state index in [9.17, 15) is 9.59 Å². The van der Waals surface area contributed by atoms with Gasteiger partial charge in [0.2, 0.25) is 0 Å². The number of nitrogens with zero attached hydrogens (tertiary/aromatic N) is 2. The summed E-state index contributed by atoms with van der Waals surface area (Å²) in [7, 11) is 3.43. The molecule has 0 radical (unpaired) electrons. The minimum absolute atomic E-state index is 0.0978. The van der Waals surface area contributed by atoms with Gasteiger partial charge in [0.25, 0.3) is 11.8 Å². The van der Waals surface area contributed by atoms with Gasteiger partial charge in [-0.25, -0.2) is 0 Å². The lowest BCUT2D eigenvalue weighted by Gasteiger charge is -2.26. The van der Waals surface area contributed by atoms with Crippen LogP contribution < -0.4 is 19.9 Å². The first-order valence-corrected chi connectivity index (χ1v) is 12.8. The number of hydrogen-bond acceptors (Lipinski definition) is 4. The van der Waals surface area contributed by atoms with E-state index in [0.717, 1.165) is 41.3 Å². The second kappa shape index (κ2) is 11.2. The molecule has 2 amide bonds. The predicted octanol–water partition coefficient (Wildman–Crippen LogP) is 6.49. The lowest BCUT2D eigenvalue weighted by Crippen LogP contribution is -2.29. The smallest absolute Gasteiger partial charge is 0.258 e. The highest BCUT2D eigenvalue weighted by Crippen LogP contribution is 2.32. The molecule has 0 atom stereocenters. The Kier molecular flexibility index (Phi) is 7.40. The number of nitrogens with one attached hydrogen (secondary N) is 1. The van der Waals surface area contributed by atoms with Crippen molar-refractivity contribution in [1.29, 1.82) is 0 Å². The first kappa shape index (κ1) is 25.1. The van der Waals surface area contributed by atoms with E-state index < -0.39 is 0 Å². The van der Waals surface area contributed by atoms with Crippen LogP contribution in [0, 0.1) is 0 Å². The van der Waals surface area contributed by atoms with Crippen molar-refractivity contribution < 1.29 is 14.3 Å². The number of carbonyl (C=O) groups excluding carboxylic acids is 2. The summed E-state index contributed by atoms with van der Waals surface area (Å²) < 4.78 is 5.25. The van der Waals surface area contributed by atoms with Gasteiger partial charge in [0, 0.05) is 37.0 Å². The summed E-state index contributed by atoms with van der Waals surface area (Å²) in [5.74, 6) is 0.446. The van der Waals surface area contributed by atoms with E-state index in [1.807, 2.05) is 67.7 Å². The van der Waals surface area contributed by atoms with Crippen LogP contribution in [0.5, 0.6) is 5.75 Å². The van der Waals surface area contributed by atoms with Crippen LogP contribution in [0.4, 0.5) is 17.1 Å². The van der Waals surface area contributed by atoms with Crippen molar-refractivity contribution in [2.45, 2.75) is 12.8 Å². The highest BCUT2D eigenvalue weighted by atomic mass is 16.5. The van der Waals surface area contributed by atoms with E-state index in [4.69, 9.17) is 4.74 Å². The van der Waals surface area contributed by atoms with Crippen LogP contribution in [0.2, 0.25) is 0 Å². The molecule has 0 aromatic heterocycles. The van der Waals surface area contributed by atoms with Crippen molar-refractivity contribution in [1.82, 2.24) is 0 Å². The van der Waals surface area contributed by atoms with Gasteiger partial charge in [0.15, 0.2) is 0 Å². The maximum absolute atomic E-state index is 13.3. The molecule has 0 aliphatic carbocycles. The number of amides is 2. The average molecular weight is 506 g/mol. The Morgan fingerprint density at radius 1 is 0.816 bits per heavy atom. The number of ether oxygens (including phenoxy) is 1. The molecule has 0 bridgehead atoms. The maximum atomic E-state index is 13.3. The lowest BCUT2D eigenvalue weighted by atomic mass is 9.99. The normalized spacial score (nSPS) is 12.7. The van der Waals surface area contributed by atoms with Gasteiger partial charge in [-0.2, -0.15) is 0 Å². The molecule has 192 valence electrons. The number of carbonyl (C=O) groups is 2. The largest absolute Gasteiger partial charge is 0.497 e. The zero-order valence-electron chi connectivity index (χ0n) is 21.7. The molecule has 38 heavy (non-hydrogen) atoms. The van der Waals surface area contributed by atoms with Crippen molar-refractivity contribution >= 4 is 28.9 Å². The third-order valence-corrected chi connectivity index (χ3v) is 6.96. The van der Waals surface area contributed by atoms with E-state index in [-0.39, 0.29) is 11.8 Å². The van der Waals surface area contributed by atoms with Crippen molar-refractivity contribution in [3.63, 3.8) is 0 Å². The van der Waals surface area contributed by atoms with Gasteiger partial charge in [-0.3, -0.25) is 9.59 Å². The van der Waals surface area contributed by atoms with Gasteiger partial charge in [-0.15, -0.1) is 0 Å². The van der Waals surface area contributed by atoms with Gasteiger partial charge in [0.05, 0.1) is 18.5 Å². The van der Waals surface area contributed by atoms with E-state index in [1.54, 1.807) is 42.3 Å². The number of methoxy groups -OCH3 is 1. The minimum atomic E-state index is -0.216. The Labute approximate surface area is 223 Å². The summed E-state index contributed by atoms with van der Waals surface area (Å²) in [5.41, 5.74) is 5.48. The van der Waals surface area contributed by atoms with Gasteiger partial charge in [-0.1, -0.05) is 42.5 Å². The molecule has 1 heterocycles. The van der Waals surface area contributed by atoms with Gasteiger partial charge in [0.1, 0.15) is 5.75 Å². The summed E-state index contributed by atoms with van der Waals surface area (Å²) in [6, 6.07) is 30.2. The van der Waals surface area contributed by atoms with Crippen LogP contribution in [0.1, 0.15) is 33.6 Å². The van der Waals surface area contributed by atoms with Gasteiger partial charge in [-0.05, 0) is 78.6 Å². The van der Waals surface area contributed by atoms with E-state index in [2.05, 4.69) is 16.3 Å². The molecule has 1 N–H and O–H groups in total. The Morgan fingerprint density at radius 3 is 2.18 bits per heavy atom. The summed E-state index contributed by atoms with van der Waals surface area (Å²) in [4.78, 5) is 30.6. The number of rotatable bonds is 7. The van der Waals surface area contributed by atoms with Crippen molar-refractivity contribution in [3.05, 3.63) is 108 Å². The first-order chi connectivity index (χ1) is 18.5. The highest BCUT2D eigenvalue weighted by Gasteiger charge is 2.21. The highest BCUT2D eigenvalue weighted by molar-refractivity contribution is 6.10. The Bertz CT molecular complexity index is 1430. The monoisotopic (exact) mass is 505 g/mol. The molecular weight excluding hydrogens is 474 g/mol. The molecule has 6 nitrogen and oxygen atoms in total. The molecular formula is C32H31N3O3. The zero-order valence-corrected chi connectivity index (χ0v) is 21.7. The predicted molar refractivity (Wildman–Crippen MR) is 153 cm³/mol. The first-order valence-electron chi connectivity index (χ1n) is 12.8. The van der Waals surface area contributed by atoms with Crippen molar-refractivity contribution in [2.24, 2.45) is 0 Å². The number of para-hydroxylation sites is 2. The standard InChI is InChI=1S/C32H31N3O3/c1-34(29-11-5-6-12-30(29)35-21-7-8-22-35)32(37)24-13-17-25(18-14-24)33-31(36)28-10-4-3-9-27(28)23-15-19-26(38-2)20-16-23/h3-6,9-20H,7-8,21-22H2,1-2H3,(H,33,36). The molecule has 5 rings (SSSR count). The van der Waals surface area contributed by atoms with Crippen LogP contribution in [0.3, 0.4) is 0 Å². The van der Waals surface area contributed by atoms with Gasteiger partial charge < -0.3 is 19.9 Å².